The van der Waals surface area contributed by atoms with Gasteiger partial charge >= 0.3 is 0 Å². The minimum Gasteiger partial charge on any atom is -0.302 e. The summed E-state index contributed by atoms with van der Waals surface area (Å²) >= 11 is 0. The largest absolute Gasteiger partial charge is 0.302 e. The van der Waals surface area contributed by atoms with Crippen molar-refractivity contribution in [3.05, 3.63) is 53.3 Å². The van der Waals surface area contributed by atoms with E-state index in [0.717, 1.165) is 13.1 Å². The smallest absolute Gasteiger partial charge is 0.0524 e. The van der Waals surface area contributed by atoms with E-state index in [1.807, 2.05) is 6.20 Å². The Morgan fingerprint density at radius 2 is 2.00 bits per heavy atom. The summed E-state index contributed by atoms with van der Waals surface area (Å²) in [5, 5.41) is 7.59. The van der Waals surface area contributed by atoms with Crippen molar-refractivity contribution in [2.24, 2.45) is 0 Å². The first kappa shape index (κ1) is 16.3. The number of hydrogen-bond acceptors (Lipinski definition) is 2. The number of rotatable bonds is 5. The van der Waals surface area contributed by atoms with Crippen LogP contribution in [0.1, 0.15) is 68.2 Å². The third-order valence-electron chi connectivity index (χ3n) is 5.14. The number of aromatic nitrogens is 2. The monoisotopic (exact) mass is 311 g/mol. The summed E-state index contributed by atoms with van der Waals surface area (Å²) in [7, 11) is 0. The molecule has 0 amide bonds. The van der Waals surface area contributed by atoms with E-state index < -0.39 is 0 Å². The van der Waals surface area contributed by atoms with Gasteiger partial charge in [0.1, 0.15) is 0 Å². The Balaban J connectivity index is 1.65. The average molecular weight is 311 g/mol. The first-order valence-electron chi connectivity index (χ1n) is 8.95. The highest BCUT2D eigenvalue weighted by Gasteiger charge is 2.26. The maximum absolute atomic E-state index is 4.31. The summed E-state index contributed by atoms with van der Waals surface area (Å²) in [6, 6.07) is 10.9. The number of aromatic amines is 1. The third kappa shape index (κ3) is 3.84. The maximum atomic E-state index is 4.31. The van der Waals surface area contributed by atoms with Crippen molar-refractivity contribution < 1.29 is 0 Å². The summed E-state index contributed by atoms with van der Waals surface area (Å²) in [6.45, 7) is 10.4. The molecule has 0 aliphatic carbocycles. The molecule has 1 aromatic heterocycles. The second-order valence-electron chi connectivity index (χ2n) is 7.30. The topological polar surface area (TPSA) is 31.9 Å². The highest BCUT2D eigenvalue weighted by Crippen LogP contribution is 2.31. The molecule has 0 spiro atoms. The molecule has 0 unspecified atom stereocenters. The van der Waals surface area contributed by atoms with Crippen molar-refractivity contribution in [1.82, 2.24) is 15.1 Å². The van der Waals surface area contributed by atoms with Crippen LogP contribution >= 0.6 is 0 Å². The quantitative estimate of drug-likeness (QED) is 0.880. The SMILES string of the molecule is CC(C)c1cn[nH]c1[C@@H]1CCCN(C[C@H](C)c2ccccc2)C1. The summed E-state index contributed by atoms with van der Waals surface area (Å²) < 4.78 is 0. The fraction of sp³-hybridized carbons (Fsp3) is 0.550. The van der Waals surface area contributed by atoms with Crippen LogP contribution in [0.15, 0.2) is 36.5 Å². The Hall–Kier alpha value is -1.61. The molecule has 124 valence electrons. The van der Waals surface area contributed by atoms with Gasteiger partial charge in [-0.2, -0.15) is 5.10 Å². The van der Waals surface area contributed by atoms with Gasteiger partial charge in [-0.05, 0) is 42.3 Å². The molecule has 1 aromatic carbocycles. The molecule has 1 N–H and O–H groups in total. The van der Waals surface area contributed by atoms with E-state index in [0.29, 0.717) is 17.8 Å². The summed E-state index contributed by atoms with van der Waals surface area (Å²) in [5.41, 5.74) is 4.21. The van der Waals surface area contributed by atoms with Crippen LogP contribution in [0.2, 0.25) is 0 Å². The molecule has 2 atom stereocenters. The lowest BCUT2D eigenvalue weighted by atomic mass is 9.89. The zero-order valence-electron chi connectivity index (χ0n) is 14.6. The lowest BCUT2D eigenvalue weighted by Crippen LogP contribution is -2.37. The van der Waals surface area contributed by atoms with E-state index in [-0.39, 0.29) is 0 Å². The fourth-order valence-electron chi connectivity index (χ4n) is 3.82. The van der Waals surface area contributed by atoms with Gasteiger partial charge < -0.3 is 4.90 Å². The first-order valence-corrected chi connectivity index (χ1v) is 8.95. The minimum atomic E-state index is 0.544. The van der Waals surface area contributed by atoms with Crippen molar-refractivity contribution in [1.29, 1.82) is 0 Å². The molecule has 3 rings (SSSR count). The first-order chi connectivity index (χ1) is 11.1. The van der Waals surface area contributed by atoms with Gasteiger partial charge in [0.05, 0.1) is 6.20 Å². The second-order valence-corrected chi connectivity index (χ2v) is 7.30. The van der Waals surface area contributed by atoms with Gasteiger partial charge in [0.2, 0.25) is 0 Å². The molecule has 1 aliphatic rings. The van der Waals surface area contributed by atoms with Gasteiger partial charge in [0.15, 0.2) is 0 Å². The van der Waals surface area contributed by atoms with Crippen molar-refractivity contribution >= 4 is 0 Å². The second kappa shape index (κ2) is 7.31. The highest BCUT2D eigenvalue weighted by atomic mass is 15.2. The average Bonchev–Trinajstić information content (AvgIpc) is 3.06. The molecule has 3 nitrogen and oxygen atoms in total. The molecule has 0 saturated carbocycles. The Labute approximate surface area is 140 Å². The van der Waals surface area contributed by atoms with Crippen molar-refractivity contribution in [3.63, 3.8) is 0 Å². The number of hydrogen-bond donors (Lipinski definition) is 1. The Bertz CT molecular complexity index is 602. The Kier molecular flexibility index (Phi) is 5.16. The summed E-state index contributed by atoms with van der Waals surface area (Å²) in [6.07, 6.45) is 4.58. The zero-order chi connectivity index (χ0) is 16.2. The molecule has 1 fully saturated rings. The maximum Gasteiger partial charge on any atom is 0.0524 e. The lowest BCUT2D eigenvalue weighted by molar-refractivity contribution is 0.197. The highest BCUT2D eigenvalue weighted by molar-refractivity contribution is 5.25. The van der Waals surface area contributed by atoms with E-state index in [4.69, 9.17) is 0 Å². The molecule has 2 aromatic rings. The van der Waals surface area contributed by atoms with Gasteiger partial charge in [-0.3, -0.25) is 5.10 Å². The van der Waals surface area contributed by atoms with E-state index in [2.05, 4.69) is 66.2 Å². The fourth-order valence-corrected chi connectivity index (χ4v) is 3.82. The van der Waals surface area contributed by atoms with Crippen LogP contribution in [0.25, 0.3) is 0 Å². The predicted octanol–water partition coefficient (Wildman–Crippen LogP) is 4.52. The van der Waals surface area contributed by atoms with Crippen molar-refractivity contribution in [2.75, 3.05) is 19.6 Å². The van der Waals surface area contributed by atoms with Crippen molar-refractivity contribution in [3.8, 4) is 0 Å². The third-order valence-corrected chi connectivity index (χ3v) is 5.14. The number of nitrogens with zero attached hydrogens (tertiary/aromatic N) is 2. The molecule has 0 radical (unpaired) electrons. The van der Waals surface area contributed by atoms with Crippen LogP contribution in [0.3, 0.4) is 0 Å². The number of nitrogens with one attached hydrogen (secondary N) is 1. The Morgan fingerprint density at radius 1 is 1.22 bits per heavy atom. The minimum absolute atomic E-state index is 0.544. The van der Waals surface area contributed by atoms with Crippen LogP contribution in [0.5, 0.6) is 0 Å². The van der Waals surface area contributed by atoms with E-state index in [9.17, 15) is 0 Å². The molecular formula is C20H29N3. The lowest BCUT2D eigenvalue weighted by Gasteiger charge is -2.34. The summed E-state index contributed by atoms with van der Waals surface area (Å²) in [5.74, 6) is 1.73. The van der Waals surface area contributed by atoms with Gasteiger partial charge in [0, 0.05) is 24.7 Å². The van der Waals surface area contributed by atoms with Gasteiger partial charge in [-0.15, -0.1) is 0 Å². The molecule has 1 saturated heterocycles. The van der Waals surface area contributed by atoms with Crippen LogP contribution in [0.4, 0.5) is 0 Å². The van der Waals surface area contributed by atoms with Crippen LogP contribution < -0.4 is 0 Å². The molecular weight excluding hydrogens is 282 g/mol. The normalized spacial score (nSPS) is 20.8. The van der Waals surface area contributed by atoms with E-state index in [1.165, 1.54) is 36.2 Å². The standard InChI is InChI=1S/C20H29N3/c1-15(2)19-12-21-22-20(19)18-10-7-11-23(14-18)13-16(3)17-8-5-4-6-9-17/h4-6,8-9,12,15-16,18H,7,10-11,13-14H2,1-3H3,(H,21,22)/t16-,18+/m0/s1. The van der Waals surface area contributed by atoms with Gasteiger partial charge in [0.25, 0.3) is 0 Å². The zero-order valence-corrected chi connectivity index (χ0v) is 14.6. The van der Waals surface area contributed by atoms with E-state index in [1.54, 1.807) is 0 Å². The predicted molar refractivity (Wildman–Crippen MR) is 95.9 cm³/mol. The molecule has 3 heteroatoms. The van der Waals surface area contributed by atoms with Crippen LogP contribution in [0, 0.1) is 0 Å². The number of H-pyrrole nitrogens is 1. The van der Waals surface area contributed by atoms with Crippen LogP contribution in [-0.4, -0.2) is 34.7 Å². The number of benzene rings is 1. The van der Waals surface area contributed by atoms with Crippen molar-refractivity contribution in [2.45, 2.75) is 51.4 Å². The van der Waals surface area contributed by atoms with E-state index >= 15 is 0 Å². The molecule has 2 heterocycles. The number of piperidine rings is 1. The Morgan fingerprint density at radius 3 is 2.74 bits per heavy atom. The molecule has 0 bridgehead atoms. The molecule has 1 aliphatic heterocycles. The van der Waals surface area contributed by atoms with Gasteiger partial charge in [-0.25, -0.2) is 0 Å². The van der Waals surface area contributed by atoms with Gasteiger partial charge in [-0.1, -0.05) is 51.1 Å². The van der Waals surface area contributed by atoms with Crippen LogP contribution in [-0.2, 0) is 0 Å². The molecule has 23 heavy (non-hydrogen) atoms. The number of likely N-dealkylation sites (tertiary alicyclic amines) is 1. The summed E-state index contributed by atoms with van der Waals surface area (Å²) in [4.78, 5) is 2.64.